The van der Waals surface area contributed by atoms with Gasteiger partial charge >= 0.3 is 0 Å². The second-order valence-corrected chi connectivity index (χ2v) is 4.03. The van der Waals surface area contributed by atoms with E-state index < -0.39 is 0 Å². The molecule has 0 aromatic heterocycles. The Hall–Kier alpha value is -0.260. The highest BCUT2D eigenvalue weighted by atomic mass is 14.5. The summed E-state index contributed by atoms with van der Waals surface area (Å²) in [5.74, 6) is 3.92. The van der Waals surface area contributed by atoms with E-state index in [0.29, 0.717) is 0 Å². The Bertz CT molecular complexity index is 146. The maximum Gasteiger partial charge on any atom is -0.0179 e. The Labute approximate surface area is 63.3 Å². The summed E-state index contributed by atoms with van der Waals surface area (Å²) in [5.41, 5.74) is 0. The molecular weight excluding hydrogens is 120 g/mol. The molecule has 0 radical (unpaired) electrons. The molecule has 0 bridgehead atoms. The molecule has 0 nitrogen and oxygen atoms in total. The van der Waals surface area contributed by atoms with E-state index in [-0.39, 0.29) is 0 Å². The van der Waals surface area contributed by atoms with Crippen LogP contribution >= 0.6 is 0 Å². The molecule has 0 heteroatoms. The van der Waals surface area contributed by atoms with E-state index in [9.17, 15) is 0 Å². The molecule has 0 saturated heterocycles. The fraction of sp³-hybridized carbons (Fsp3) is 0.800. The molecule has 0 spiro atoms. The fourth-order valence-electron chi connectivity index (χ4n) is 2.57. The van der Waals surface area contributed by atoms with Crippen molar-refractivity contribution in [3.8, 4) is 0 Å². The van der Waals surface area contributed by atoms with Crippen molar-refractivity contribution in [1.29, 1.82) is 0 Å². The number of allylic oxidation sites excluding steroid dienone is 1. The third kappa shape index (κ3) is 0.817. The van der Waals surface area contributed by atoms with Crippen LogP contribution in [0.1, 0.15) is 26.2 Å². The average molecular weight is 136 g/mol. The predicted molar refractivity (Wildman–Crippen MR) is 43.7 cm³/mol. The number of fused-ring (bicyclic) bond motifs is 1. The minimum atomic E-state index is 0.860. The number of hydrogen-bond acceptors (Lipinski definition) is 0. The van der Waals surface area contributed by atoms with Crippen molar-refractivity contribution in [1.82, 2.24) is 0 Å². The number of hydrogen-bond donors (Lipinski definition) is 0. The van der Waals surface area contributed by atoms with Gasteiger partial charge in [-0.25, -0.2) is 0 Å². The van der Waals surface area contributed by atoms with Gasteiger partial charge in [-0.3, -0.25) is 0 Å². The van der Waals surface area contributed by atoms with Gasteiger partial charge in [-0.15, -0.1) is 6.58 Å². The van der Waals surface area contributed by atoms with Crippen LogP contribution < -0.4 is 0 Å². The summed E-state index contributed by atoms with van der Waals surface area (Å²) in [5, 5.41) is 0. The Balaban J connectivity index is 2.06. The Morgan fingerprint density at radius 3 is 2.80 bits per heavy atom. The summed E-state index contributed by atoms with van der Waals surface area (Å²) in [6, 6.07) is 0. The maximum absolute atomic E-state index is 3.91. The van der Waals surface area contributed by atoms with Crippen molar-refractivity contribution in [2.45, 2.75) is 26.2 Å². The zero-order valence-corrected chi connectivity index (χ0v) is 6.72. The third-order valence-electron chi connectivity index (χ3n) is 3.39. The van der Waals surface area contributed by atoms with Gasteiger partial charge in [0, 0.05) is 0 Å². The van der Waals surface area contributed by atoms with Crippen LogP contribution in [0.4, 0.5) is 0 Å². The molecule has 10 heavy (non-hydrogen) atoms. The molecule has 4 unspecified atom stereocenters. The smallest absolute Gasteiger partial charge is 0.0179 e. The number of rotatable bonds is 1. The standard InChI is InChI=1S/C10H16/c1-3-9-7(2)4-5-8-6-10(8)9/h3,7-10H,1,4-6H2,2H3. The van der Waals surface area contributed by atoms with E-state index in [4.69, 9.17) is 0 Å². The highest BCUT2D eigenvalue weighted by Gasteiger charge is 2.46. The van der Waals surface area contributed by atoms with Crippen molar-refractivity contribution < 1.29 is 0 Å². The van der Waals surface area contributed by atoms with E-state index in [1.807, 2.05) is 0 Å². The summed E-state index contributed by atoms with van der Waals surface area (Å²) in [6.07, 6.45) is 6.63. The monoisotopic (exact) mass is 136 g/mol. The first-order chi connectivity index (χ1) is 4.83. The highest BCUT2D eigenvalue weighted by Crippen LogP contribution is 2.54. The summed E-state index contributed by atoms with van der Waals surface area (Å²) >= 11 is 0. The lowest BCUT2D eigenvalue weighted by molar-refractivity contribution is 0.289. The summed E-state index contributed by atoms with van der Waals surface area (Å²) in [6.45, 7) is 6.29. The SMILES string of the molecule is C=CC1C(C)CCC2CC21. The van der Waals surface area contributed by atoms with Gasteiger partial charge in [0.2, 0.25) is 0 Å². The molecule has 0 aliphatic heterocycles. The van der Waals surface area contributed by atoms with Crippen LogP contribution in [0.25, 0.3) is 0 Å². The Morgan fingerprint density at radius 2 is 2.20 bits per heavy atom. The lowest BCUT2D eigenvalue weighted by atomic mass is 9.80. The molecule has 0 aromatic rings. The Kier molecular flexibility index (Phi) is 1.36. The van der Waals surface area contributed by atoms with Gasteiger partial charge in [0.25, 0.3) is 0 Å². The molecule has 0 N–H and O–H groups in total. The van der Waals surface area contributed by atoms with Gasteiger partial charge in [-0.2, -0.15) is 0 Å². The lowest BCUT2D eigenvalue weighted by Gasteiger charge is -2.25. The van der Waals surface area contributed by atoms with Crippen LogP contribution in [-0.4, -0.2) is 0 Å². The summed E-state index contributed by atoms with van der Waals surface area (Å²) in [7, 11) is 0. The molecule has 0 aromatic carbocycles. The van der Waals surface area contributed by atoms with Crippen LogP contribution in [0.15, 0.2) is 12.7 Å². The summed E-state index contributed by atoms with van der Waals surface area (Å²) in [4.78, 5) is 0. The fourth-order valence-corrected chi connectivity index (χ4v) is 2.57. The zero-order valence-electron chi connectivity index (χ0n) is 6.72. The lowest BCUT2D eigenvalue weighted by Crippen LogP contribution is -2.16. The molecule has 2 rings (SSSR count). The second kappa shape index (κ2) is 2.11. The molecule has 0 heterocycles. The minimum Gasteiger partial charge on any atom is -0.103 e. The first-order valence-corrected chi connectivity index (χ1v) is 4.45. The van der Waals surface area contributed by atoms with Crippen molar-refractivity contribution >= 4 is 0 Å². The Morgan fingerprint density at radius 1 is 1.40 bits per heavy atom. The largest absolute Gasteiger partial charge is 0.103 e. The molecule has 56 valence electrons. The molecule has 0 amide bonds. The summed E-state index contributed by atoms with van der Waals surface area (Å²) < 4.78 is 0. The maximum atomic E-state index is 3.91. The van der Waals surface area contributed by atoms with E-state index in [0.717, 1.165) is 23.7 Å². The van der Waals surface area contributed by atoms with Gasteiger partial charge in [-0.1, -0.05) is 13.0 Å². The van der Waals surface area contributed by atoms with Gasteiger partial charge in [0.15, 0.2) is 0 Å². The normalized spacial score (nSPS) is 51.7. The van der Waals surface area contributed by atoms with Crippen LogP contribution in [-0.2, 0) is 0 Å². The molecule has 2 aliphatic rings. The molecule has 2 aliphatic carbocycles. The average Bonchev–Trinajstić information content (AvgIpc) is 2.66. The van der Waals surface area contributed by atoms with Gasteiger partial charge in [-0.05, 0) is 42.9 Å². The first-order valence-electron chi connectivity index (χ1n) is 4.45. The van der Waals surface area contributed by atoms with E-state index >= 15 is 0 Å². The molecule has 4 atom stereocenters. The molecular formula is C10H16. The van der Waals surface area contributed by atoms with Crippen LogP contribution in [0.5, 0.6) is 0 Å². The second-order valence-electron chi connectivity index (χ2n) is 4.03. The predicted octanol–water partition coefficient (Wildman–Crippen LogP) is 2.85. The molecule has 2 fully saturated rings. The molecule has 2 saturated carbocycles. The van der Waals surface area contributed by atoms with Crippen molar-refractivity contribution in [3.63, 3.8) is 0 Å². The van der Waals surface area contributed by atoms with Crippen LogP contribution in [0.2, 0.25) is 0 Å². The topological polar surface area (TPSA) is 0 Å². The van der Waals surface area contributed by atoms with Gasteiger partial charge < -0.3 is 0 Å². The van der Waals surface area contributed by atoms with Crippen molar-refractivity contribution in [2.24, 2.45) is 23.7 Å². The third-order valence-corrected chi connectivity index (χ3v) is 3.39. The van der Waals surface area contributed by atoms with Crippen molar-refractivity contribution in [3.05, 3.63) is 12.7 Å². The van der Waals surface area contributed by atoms with Gasteiger partial charge in [0.05, 0.1) is 0 Å². The van der Waals surface area contributed by atoms with Crippen molar-refractivity contribution in [2.75, 3.05) is 0 Å². The quantitative estimate of drug-likeness (QED) is 0.486. The van der Waals surface area contributed by atoms with E-state index in [2.05, 4.69) is 19.6 Å². The van der Waals surface area contributed by atoms with Crippen LogP contribution in [0.3, 0.4) is 0 Å². The highest BCUT2D eigenvalue weighted by molar-refractivity contribution is 5.02. The van der Waals surface area contributed by atoms with Gasteiger partial charge in [0.1, 0.15) is 0 Å². The van der Waals surface area contributed by atoms with E-state index in [1.54, 1.807) is 0 Å². The first kappa shape index (κ1) is 6.45. The zero-order chi connectivity index (χ0) is 7.14. The minimum absolute atomic E-state index is 0.860. The van der Waals surface area contributed by atoms with E-state index in [1.165, 1.54) is 19.3 Å². The van der Waals surface area contributed by atoms with Crippen LogP contribution in [0, 0.1) is 23.7 Å².